The number of nitrogens with one attached hydrogen (secondary N) is 2. The summed E-state index contributed by atoms with van der Waals surface area (Å²) < 4.78 is 40.1. The Labute approximate surface area is 297 Å². The molecule has 3 atom stereocenters. The molecule has 16 heteroatoms. The molecule has 266 valence electrons. The van der Waals surface area contributed by atoms with Crippen LogP contribution in [0.2, 0.25) is 0 Å². The number of nitriles is 1. The first kappa shape index (κ1) is 36.8. The molecule has 13 nitrogen and oxygen atoms in total. The number of carbonyl (C=O) groups excluding carboxylic acids is 2. The van der Waals surface area contributed by atoms with Gasteiger partial charge < -0.3 is 30.1 Å². The number of thiazole rings is 1. The molecule has 4 aromatic rings. The summed E-state index contributed by atoms with van der Waals surface area (Å²) in [6.07, 6.45) is 2.20. The Morgan fingerprint density at radius 2 is 1.92 bits per heavy atom. The van der Waals surface area contributed by atoms with E-state index in [-0.39, 0.29) is 38.5 Å². The van der Waals surface area contributed by atoms with Crippen molar-refractivity contribution in [3.63, 3.8) is 0 Å². The molecule has 1 aliphatic heterocycles. The summed E-state index contributed by atoms with van der Waals surface area (Å²) in [5.41, 5.74) is 0.422. The largest absolute Gasteiger partial charge is 0.460 e. The number of likely N-dealkylation sites (N-methyl/N-ethyl adjacent to an activating group) is 1. The fourth-order valence-electron chi connectivity index (χ4n) is 5.34. The Hall–Kier alpha value is -5.50. The Morgan fingerprint density at radius 3 is 2.65 bits per heavy atom. The maximum atomic E-state index is 15.3. The van der Waals surface area contributed by atoms with Crippen molar-refractivity contribution in [2.45, 2.75) is 38.2 Å². The molecule has 2 aromatic heterocycles. The first-order chi connectivity index (χ1) is 24.5. The van der Waals surface area contributed by atoms with E-state index in [2.05, 4.69) is 26.8 Å². The third kappa shape index (κ3) is 9.00. The van der Waals surface area contributed by atoms with Gasteiger partial charge in [0, 0.05) is 40.3 Å². The number of aromatic nitrogens is 2. The van der Waals surface area contributed by atoms with Crippen molar-refractivity contribution in [2.75, 3.05) is 38.7 Å². The van der Waals surface area contributed by atoms with Crippen molar-refractivity contribution in [2.24, 2.45) is 5.10 Å². The lowest BCUT2D eigenvalue weighted by Gasteiger charge is -2.37. The molecule has 3 N–H and O–H groups in total. The van der Waals surface area contributed by atoms with Gasteiger partial charge in [0.05, 0.1) is 35.4 Å². The number of hydrogen-bond donors (Lipinski definition) is 3. The number of hydrogen-bond acceptors (Lipinski definition) is 14. The molecule has 3 heterocycles. The van der Waals surface area contributed by atoms with Crippen molar-refractivity contribution in [3.8, 4) is 17.3 Å². The Balaban J connectivity index is 1.23. The van der Waals surface area contributed by atoms with Crippen molar-refractivity contribution in [1.82, 2.24) is 25.2 Å². The SMILES string of the molecule is CNCC(=O)OCc1cccnc1NCC(=O)OC(C)N1C=NN(C[C@](O)(c2ccc(F)cc2F)[C@@H](C)c2nc(-c3ccc(C#N)cc3)cs2)C1. The van der Waals surface area contributed by atoms with E-state index in [9.17, 15) is 19.1 Å². The summed E-state index contributed by atoms with van der Waals surface area (Å²) >= 11 is 1.28. The summed E-state index contributed by atoms with van der Waals surface area (Å²) in [6, 6.07) is 15.4. The van der Waals surface area contributed by atoms with E-state index in [0.717, 1.165) is 17.7 Å². The number of aliphatic hydroxyl groups is 1. The summed E-state index contributed by atoms with van der Waals surface area (Å²) in [6.45, 7) is 3.02. The molecule has 0 radical (unpaired) electrons. The Bertz CT molecular complexity index is 1920. The highest BCUT2D eigenvalue weighted by atomic mass is 32.1. The van der Waals surface area contributed by atoms with Crippen LogP contribution in [0.3, 0.4) is 0 Å². The van der Waals surface area contributed by atoms with E-state index in [1.165, 1.54) is 34.9 Å². The van der Waals surface area contributed by atoms with E-state index < -0.39 is 41.3 Å². The molecule has 1 aliphatic rings. The number of esters is 2. The smallest absolute Gasteiger partial charge is 0.327 e. The molecule has 0 bridgehead atoms. The van der Waals surface area contributed by atoms with E-state index in [1.807, 2.05) is 5.38 Å². The second-order valence-corrected chi connectivity index (χ2v) is 12.6. The van der Waals surface area contributed by atoms with Gasteiger partial charge in [0.15, 0.2) is 6.23 Å². The summed E-state index contributed by atoms with van der Waals surface area (Å²) in [5.74, 6) is -3.16. The van der Waals surface area contributed by atoms with Crippen LogP contribution in [0.25, 0.3) is 11.3 Å². The quantitative estimate of drug-likeness (QED) is 0.151. The standard InChI is InChI=1S/C35H36F2N8O5S/c1-22(34-43-30(18-51-34)25-8-6-24(14-38)7-9-25)35(48,28-11-10-27(36)13-29(28)37)19-45-21-44(20-42-45)23(2)50-32(47)16-41-33-26(5-4-12-40-33)17-49-31(46)15-39-3/h4-13,18,20,22-23,39,48H,15-17,19,21H2,1-3H3,(H,40,41)/t22-,23?,35+/m0/s1. The van der Waals surface area contributed by atoms with Gasteiger partial charge in [0.2, 0.25) is 0 Å². The predicted molar refractivity (Wildman–Crippen MR) is 185 cm³/mol. The second kappa shape index (κ2) is 16.5. The zero-order chi connectivity index (χ0) is 36.5. The van der Waals surface area contributed by atoms with Crippen LogP contribution in [0.15, 0.2) is 71.3 Å². The molecule has 0 aliphatic carbocycles. The van der Waals surface area contributed by atoms with E-state index in [0.29, 0.717) is 27.6 Å². The number of benzene rings is 2. The predicted octanol–water partition coefficient (Wildman–Crippen LogP) is 4.13. The third-order valence-corrected chi connectivity index (χ3v) is 9.23. The lowest BCUT2D eigenvalue weighted by Crippen LogP contribution is -2.45. The lowest BCUT2D eigenvalue weighted by molar-refractivity contribution is -0.152. The number of rotatable bonds is 15. The zero-order valence-electron chi connectivity index (χ0n) is 28.0. The summed E-state index contributed by atoms with van der Waals surface area (Å²) in [5, 5.41) is 35.2. The number of carbonyl (C=O) groups is 2. The zero-order valence-corrected chi connectivity index (χ0v) is 28.9. The van der Waals surface area contributed by atoms with Gasteiger partial charge >= 0.3 is 11.9 Å². The average Bonchev–Trinajstić information content (AvgIpc) is 3.80. The first-order valence-electron chi connectivity index (χ1n) is 15.9. The van der Waals surface area contributed by atoms with Gasteiger partial charge in [-0.1, -0.05) is 31.2 Å². The van der Waals surface area contributed by atoms with Crippen LogP contribution >= 0.6 is 11.3 Å². The first-order valence-corrected chi connectivity index (χ1v) is 16.7. The highest BCUT2D eigenvalue weighted by molar-refractivity contribution is 7.10. The van der Waals surface area contributed by atoms with Gasteiger partial charge in [-0.15, -0.1) is 11.3 Å². The second-order valence-electron chi connectivity index (χ2n) is 11.7. The number of hydrazone groups is 1. The fourth-order valence-corrected chi connectivity index (χ4v) is 6.31. The molecule has 5 rings (SSSR count). The maximum absolute atomic E-state index is 15.3. The summed E-state index contributed by atoms with van der Waals surface area (Å²) in [7, 11) is 1.63. The Kier molecular flexibility index (Phi) is 11.9. The third-order valence-electron chi connectivity index (χ3n) is 8.20. The minimum absolute atomic E-state index is 0.0319. The molecule has 0 spiro atoms. The van der Waals surface area contributed by atoms with E-state index >= 15 is 4.39 Å². The number of β-amino-alcohol motifs (C(OH)–C–C–N with tert-alkyl or cyclic N) is 1. The van der Waals surface area contributed by atoms with Crippen LogP contribution in [0.1, 0.15) is 41.5 Å². The number of nitrogens with zero attached hydrogens (tertiary/aromatic N) is 6. The van der Waals surface area contributed by atoms with Crippen molar-refractivity contribution < 1.29 is 33.0 Å². The molecule has 0 saturated heterocycles. The fraction of sp³-hybridized carbons (Fsp3) is 0.314. The van der Waals surface area contributed by atoms with Gasteiger partial charge in [-0.05, 0) is 38.2 Å². The molecule has 2 aromatic carbocycles. The number of ether oxygens (including phenoxy) is 2. The number of halogens is 2. The van der Waals surface area contributed by atoms with Crippen LogP contribution in [0, 0.1) is 23.0 Å². The molecular weight excluding hydrogens is 682 g/mol. The van der Waals surface area contributed by atoms with Crippen LogP contribution < -0.4 is 10.6 Å². The van der Waals surface area contributed by atoms with Crippen LogP contribution in [0.4, 0.5) is 14.6 Å². The van der Waals surface area contributed by atoms with E-state index in [4.69, 9.17) is 19.7 Å². The molecule has 0 amide bonds. The van der Waals surface area contributed by atoms with Crippen molar-refractivity contribution >= 4 is 35.4 Å². The number of anilines is 1. The van der Waals surface area contributed by atoms with Gasteiger partial charge in [0.1, 0.15) is 49.2 Å². The Morgan fingerprint density at radius 1 is 1.14 bits per heavy atom. The average molecular weight is 719 g/mol. The van der Waals surface area contributed by atoms with Crippen LogP contribution in [-0.2, 0) is 31.3 Å². The van der Waals surface area contributed by atoms with Crippen LogP contribution in [-0.4, -0.2) is 82.8 Å². The topological polar surface area (TPSA) is 165 Å². The summed E-state index contributed by atoms with van der Waals surface area (Å²) in [4.78, 5) is 35.0. The van der Waals surface area contributed by atoms with Crippen LogP contribution in [0.5, 0.6) is 0 Å². The molecule has 0 fully saturated rings. The normalized spacial score (nSPS) is 14.8. The molecule has 51 heavy (non-hydrogen) atoms. The van der Waals surface area contributed by atoms with Crippen molar-refractivity contribution in [1.29, 1.82) is 5.26 Å². The van der Waals surface area contributed by atoms with Gasteiger partial charge in [-0.25, -0.2) is 18.7 Å². The molecule has 1 unspecified atom stereocenters. The minimum Gasteiger partial charge on any atom is -0.460 e. The monoisotopic (exact) mass is 718 g/mol. The number of pyridine rings is 1. The van der Waals surface area contributed by atoms with Gasteiger partial charge in [-0.2, -0.15) is 10.4 Å². The highest BCUT2D eigenvalue weighted by Gasteiger charge is 2.43. The molecular formula is C35H36F2N8O5S. The van der Waals surface area contributed by atoms with E-state index in [1.54, 1.807) is 62.2 Å². The molecule has 0 saturated carbocycles. The maximum Gasteiger partial charge on any atom is 0.327 e. The van der Waals surface area contributed by atoms with Gasteiger partial charge in [0.25, 0.3) is 0 Å². The van der Waals surface area contributed by atoms with Crippen molar-refractivity contribution in [3.05, 3.63) is 99.5 Å². The lowest BCUT2D eigenvalue weighted by atomic mass is 9.81. The van der Waals surface area contributed by atoms with Gasteiger partial charge in [-0.3, -0.25) is 14.6 Å². The minimum atomic E-state index is -1.92. The highest BCUT2D eigenvalue weighted by Crippen LogP contribution is 2.41.